The number of Topliss-reactive ketones (excluding diaryl/α,β-unsaturated/α-hetero) is 1. The molecule has 1 fully saturated rings. The number of likely N-dealkylation sites (tertiary alicyclic amines) is 1. The van der Waals surface area contributed by atoms with Crippen LogP contribution in [0.3, 0.4) is 0 Å². The zero-order valence-electron chi connectivity index (χ0n) is 20.0. The molecule has 1 unspecified atom stereocenters. The quantitative estimate of drug-likeness (QED) is 0.242. The number of benzene rings is 2. The van der Waals surface area contributed by atoms with E-state index in [1.807, 2.05) is 43.3 Å². The van der Waals surface area contributed by atoms with E-state index in [4.69, 9.17) is 0 Å². The summed E-state index contributed by atoms with van der Waals surface area (Å²) in [5.74, 6) is -1.50. The first-order valence-electron chi connectivity index (χ1n) is 11.6. The summed E-state index contributed by atoms with van der Waals surface area (Å²) in [6.45, 7) is 8.06. The molecule has 0 aliphatic carbocycles. The molecule has 180 valence electrons. The summed E-state index contributed by atoms with van der Waals surface area (Å²) in [7, 11) is 0. The highest BCUT2D eigenvalue weighted by Gasteiger charge is 2.46. The van der Waals surface area contributed by atoms with Crippen LogP contribution in [0.15, 0.2) is 77.0 Å². The largest absolute Gasteiger partial charge is 0.507 e. The van der Waals surface area contributed by atoms with Crippen molar-refractivity contribution in [2.24, 2.45) is 0 Å². The smallest absolute Gasteiger partial charge is 0.295 e. The number of aromatic nitrogens is 1. The third-order valence-electron chi connectivity index (χ3n) is 6.38. The van der Waals surface area contributed by atoms with Crippen LogP contribution in [0.5, 0.6) is 0 Å². The van der Waals surface area contributed by atoms with Crippen LogP contribution in [0, 0.1) is 6.92 Å². The average Bonchev–Trinajstić information content (AvgIpc) is 3.12. The predicted octanol–water partition coefficient (Wildman–Crippen LogP) is 5.62. The number of carbonyl (C=O) groups excluding carboxylic acids is 2. The fourth-order valence-electron chi connectivity index (χ4n) is 4.48. The van der Waals surface area contributed by atoms with Gasteiger partial charge in [-0.05, 0) is 67.8 Å². The summed E-state index contributed by atoms with van der Waals surface area (Å²) in [5, 5.41) is 11.3. The van der Waals surface area contributed by atoms with E-state index in [1.54, 1.807) is 30.6 Å². The maximum atomic E-state index is 13.3. The van der Waals surface area contributed by atoms with Crippen LogP contribution in [0.25, 0.3) is 5.76 Å². The molecule has 1 saturated heterocycles. The molecule has 0 spiro atoms. The number of aryl methyl sites for hydroxylation is 1. The van der Waals surface area contributed by atoms with Crippen molar-refractivity contribution in [3.05, 3.63) is 99.3 Å². The number of rotatable bonds is 7. The van der Waals surface area contributed by atoms with E-state index in [1.165, 1.54) is 4.90 Å². The van der Waals surface area contributed by atoms with Gasteiger partial charge >= 0.3 is 0 Å². The summed E-state index contributed by atoms with van der Waals surface area (Å²) in [4.78, 5) is 34.4. The third-order valence-corrected chi connectivity index (χ3v) is 7.27. The minimum absolute atomic E-state index is 0.0937. The van der Waals surface area contributed by atoms with Crippen molar-refractivity contribution < 1.29 is 14.7 Å². The maximum absolute atomic E-state index is 13.3. The standard InChI is InChI=1S/C28H28BrN3O3/c1-4-31(5-2)22-11-8-20(9-12-22)25-24(26(33)21-10-13-23(29)18(3)15-21)27(34)28(35)32(25)17-19-7-6-14-30-16-19/h6-16,25,33H,4-5,17H2,1-3H3/b26-24-. The monoisotopic (exact) mass is 533 g/mol. The van der Waals surface area contributed by atoms with Crippen LogP contribution in [-0.2, 0) is 16.1 Å². The van der Waals surface area contributed by atoms with Gasteiger partial charge < -0.3 is 14.9 Å². The molecule has 7 heteroatoms. The Balaban J connectivity index is 1.84. The Labute approximate surface area is 214 Å². The summed E-state index contributed by atoms with van der Waals surface area (Å²) >= 11 is 3.47. The van der Waals surface area contributed by atoms with E-state index < -0.39 is 17.7 Å². The molecule has 2 aromatic carbocycles. The van der Waals surface area contributed by atoms with Crippen LogP contribution in [0.2, 0.25) is 0 Å². The Hall–Kier alpha value is -3.45. The number of aliphatic hydroxyl groups excluding tert-OH is 1. The maximum Gasteiger partial charge on any atom is 0.295 e. The Kier molecular flexibility index (Phi) is 7.36. The Morgan fingerprint density at radius 1 is 1.09 bits per heavy atom. The van der Waals surface area contributed by atoms with Crippen molar-refractivity contribution in [2.45, 2.75) is 33.4 Å². The lowest BCUT2D eigenvalue weighted by atomic mass is 9.94. The van der Waals surface area contributed by atoms with Crippen LogP contribution < -0.4 is 4.90 Å². The second-order valence-corrected chi connectivity index (χ2v) is 9.37. The van der Waals surface area contributed by atoms with E-state index >= 15 is 0 Å². The fraction of sp³-hybridized carbons (Fsp3) is 0.250. The molecule has 6 nitrogen and oxygen atoms in total. The number of anilines is 1. The highest BCUT2D eigenvalue weighted by molar-refractivity contribution is 9.10. The highest BCUT2D eigenvalue weighted by Crippen LogP contribution is 2.41. The number of carbonyl (C=O) groups is 2. The molecule has 1 N–H and O–H groups in total. The molecule has 1 atom stereocenters. The Morgan fingerprint density at radius 2 is 1.80 bits per heavy atom. The molecule has 2 heterocycles. The lowest BCUT2D eigenvalue weighted by Gasteiger charge is -2.26. The normalized spacial score (nSPS) is 17.1. The van der Waals surface area contributed by atoms with Crippen LogP contribution in [0.1, 0.15) is 42.1 Å². The molecule has 1 amide bonds. The first-order chi connectivity index (χ1) is 16.8. The molecular formula is C28H28BrN3O3. The average molecular weight is 534 g/mol. The predicted molar refractivity (Wildman–Crippen MR) is 141 cm³/mol. The Morgan fingerprint density at radius 3 is 2.40 bits per heavy atom. The van der Waals surface area contributed by atoms with Gasteiger partial charge in [0.15, 0.2) is 0 Å². The van der Waals surface area contributed by atoms with Crippen molar-refractivity contribution in [3.63, 3.8) is 0 Å². The fourth-order valence-corrected chi connectivity index (χ4v) is 4.73. The van der Waals surface area contributed by atoms with E-state index in [0.717, 1.165) is 39.9 Å². The first kappa shape index (κ1) is 24.7. The van der Waals surface area contributed by atoms with Gasteiger partial charge in [0.05, 0.1) is 11.6 Å². The van der Waals surface area contributed by atoms with Gasteiger partial charge in [0.2, 0.25) is 0 Å². The number of hydrogen-bond donors (Lipinski definition) is 1. The van der Waals surface area contributed by atoms with Gasteiger partial charge in [0.1, 0.15) is 5.76 Å². The molecule has 0 bridgehead atoms. The van der Waals surface area contributed by atoms with Crippen molar-refractivity contribution >= 4 is 39.1 Å². The van der Waals surface area contributed by atoms with Crippen molar-refractivity contribution in [2.75, 3.05) is 18.0 Å². The molecule has 1 aromatic heterocycles. The summed E-state index contributed by atoms with van der Waals surface area (Å²) in [5.41, 5.74) is 4.13. The SMILES string of the molecule is CCN(CC)c1ccc(C2/C(=C(/O)c3ccc(Br)c(C)c3)C(=O)C(=O)N2Cc2cccnc2)cc1. The summed E-state index contributed by atoms with van der Waals surface area (Å²) in [6.07, 6.45) is 3.34. The van der Waals surface area contributed by atoms with Crippen LogP contribution in [-0.4, -0.2) is 39.8 Å². The first-order valence-corrected chi connectivity index (χ1v) is 12.4. The molecule has 4 rings (SSSR count). The highest BCUT2D eigenvalue weighted by atomic mass is 79.9. The van der Waals surface area contributed by atoms with Gasteiger partial charge in [0, 0.05) is 47.8 Å². The summed E-state index contributed by atoms with van der Waals surface area (Å²) < 4.78 is 0.898. The van der Waals surface area contributed by atoms with Crippen molar-refractivity contribution in [1.82, 2.24) is 9.88 Å². The van der Waals surface area contributed by atoms with Crippen LogP contribution in [0.4, 0.5) is 5.69 Å². The minimum atomic E-state index is -0.718. The van der Waals surface area contributed by atoms with Crippen molar-refractivity contribution in [3.8, 4) is 0 Å². The number of amides is 1. The number of hydrogen-bond acceptors (Lipinski definition) is 5. The third kappa shape index (κ3) is 4.86. The lowest BCUT2D eigenvalue weighted by molar-refractivity contribution is -0.140. The van der Waals surface area contributed by atoms with Gasteiger partial charge in [-0.15, -0.1) is 0 Å². The van der Waals surface area contributed by atoms with Crippen LogP contribution >= 0.6 is 15.9 Å². The molecule has 0 radical (unpaired) electrons. The molecule has 1 aliphatic heterocycles. The van der Waals surface area contributed by atoms with E-state index in [0.29, 0.717) is 5.56 Å². The number of nitrogens with zero attached hydrogens (tertiary/aromatic N) is 3. The lowest BCUT2D eigenvalue weighted by Crippen LogP contribution is -2.29. The number of ketones is 1. The zero-order chi connectivity index (χ0) is 25.1. The topological polar surface area (TPSA) is 73.7 Å². The molecule has 1 aliphatic rings. The minimum Gasteiger partial charge on any atom is -0.507 e. The Bertz CT molecular complexity index is 1270. The van der Waals surface area contributed by atoms with E-state index in [-0.39, 0.29) is 17.9 Å². The van der Waals surface area contributed by atoms with Gasteiger partial charge in [-0.1, -0.05) is 40.2 Å². The molecular weight excluding hydrogens is 506 g/mol. The molecule has 35 heavy (non-hydrogen) atoms. The van der Waals surface area contributed by atoms with Gasteiger partial charge in [-0.2, -0.15) is 0 Å². The second-order valence-electron chi connectivity index (χ2n) is 8.52. The van der Waals surface area contributed by atoms with E-state index in [9.17, 15) is 14.7 Å². The van der Waals surface area contributed by atoms with Gasteiger partial charge in [-0.3, -0.25) is 14.6 Å². The van der Waals surface area contributed by atoms with Gasteiger partial charge in [0.25, 0.3) is 11.7 Å². The zero-order valence-corrected chi connectivity index (χ0v) is 21.6. The number of aliphatic hydroxyl groups is 1. The second kappa shape index (κ2) is 10.4. The molecule has 0 saturated carbocycles. The molecule has 3 aromatic rings. The van der Waals surface area contributed by atoms with Gasteiger partial charge in [-0.25, -0.2) is 0 Å². The number of halogens is 1. The summed E-state index contributed by atoms with van der Waals surface area (Å²) in [6, 6.07) is 16.2. The van der Waals surface area contributed by atoms with Crippen molar-refractivity contribution in [1.29, 1.82) is 0 Å². The van der Waals surface area contributed by atoms with E-state index in [2.05, 4.69) is 39.7 Å². The number of pyridine rings is 1.